The van der Waals surface area contributed by atoms with Crippen molar-refractivity contribution in [3.05, 3.63) is 62.2 Å². The summed E-state index contributed by atoms with van der Waals surface area (Å²) in [6.07, 6.45) is 2.30. The van der Waals surface area contributed by atoms with Crippen LogP contribution in [-0.4, -0.2) is 47.9 Å². The molecule has 0 aliphatic carbocycles. The molecule has 0 saturated carbocycles. The first-order valence-corrected chi connectivity index (χ1v) is 13.6. The number of carbonyl (C=O) groups excluding carboxylic acids is 1. The summed E-state index contributed by atoms with van der Waals surface area (Å²) in [6, 6.07) is 9.76. The highest BCUT2D eigenvalue weighted by atomic mass is 79.9. The van der Waals surface area contributed by atoms with Gasteiger partial charge in [0.05, 0.1) is 28.9 Å². The first-order valence-electron chi connectivity index (χ1n) is 12.8. The van der Waals surface area contributed by atoms with Gasteiger partial charge in [-0.3, -0.25) is 9.59 Å². The topological polar surface area (TPSA) is 113 Å². The van der Waals surface area contributed by atoms with Gasteiger partial charge in [0.15, 0.2) is 11.5 Å². The Morgan fingerprint density at radius 2 is 1.97 bits per heavy atom. The van der Waals surface area contributed by atoms with Crippen LogP contribution >= 0.6 is 15.9 Å². The van der Waals surface area contributed by atoms with Gasteiger partial charge in [0.1, 0.15) is 22.9 Å². The van der Waals surface area contributed by atoms with Crippen LogP contribution in [0.5, 0.6) is 5.75 Å². The number of piperidine rings is 1. The summed E-state index contributed by atoms with van der Waals surface area (Å²) in [5, 5.41) is 0.763. The molecule has 2 aromatic carbocycles. The number of primary amides is 1. The van der Waals surface area contributed by atoms with Gasteiger partial charge in [0, 0.05) is 43.9 Å². The van der Waals surface area contributed by atoms with Gasteiger partial charge in [-0.2, -0.15) is 0 Å². The average molecular weight is 581 g/mol. The van der Waals surface area contributed by atoms with Crippen molar-refractivity contribution >= 4 is 49.5 Å². The Bertz CT molecular complexity index is 1610. The Labute approximate surface area is 227 Å². The lowest BCUT2D eigenvalue weighted by Gasteiger charge is -2.34. The van der Waals surface area contributed by atoms with E-state index in [1.165, 1.54) is 4.57 Å². The quantitative estimate of drug-likeness (QED) is 0.372. The molecule has 6 rings (SSSR count). The second-order valence-electron chi connectivity index (χ2n) is 10.1. The van der Waals surface area contributed by atoms with Crippen LogP contribution in [0.2, 0.25) is 0 Å². The third-order valence-corrected chi connectivity index (χ3v) is 8.19. The summed E-state index contributed by atoms with van der Waals surface area (Å²) in [4.78, 5) is 32.8. The van der Waals surface area contributed by atoms with E-state index in [-0.39, 0.29) is 17.6 Å². The predicted molar refractivity (Wildman–Crippen MR) is 148 cm³/mol. The van der Waals surface area contributed by atoms with Gasteiger partial charge in [0.25, 0.3) is 11.5 Å². The highest BCUT2D eigenvalue weighted by Crippen LogP contribution is 2.39. The lowest BCUT2D eigenvalue weighted by atomic mass is 9.95. The first-order chi connectivity index (χ1) is 18.3. The SMILES string of the molecule is Cc1ccc2oc(C3CCN(c4c(C(N)=O)c(=O)n(C)c5cc(OC6CCOC6)c(Br)cc45)CC3)nc2c1. The number of rotatable bonds is 5. The molecule has 2 fully saturated rings. The smallest absolute Gasteiger partial charge is 0.265 e. The lowest BCUT2D eigenvalue weighted by molar-refractivity contribution is 0.0999. The van der Waals surface area contributed by atoms with Crippen LogP contribution in [0, 0.1) is 6.92 Å². The average Bonchev–Trinajstić information content (AvgIpc) is 3.56. The lowest BCUT2D eigenvalue weighted by Crippen LogP contribution is -2.38. The molecule has 4 heterocycles. The maximum Gasteiger partial charge on any atom is 0.265 e. The number of carbonyl (C=O) groups is 1. The van der Waals surface area contributed by atoms with E-state index in [0.29, 0.717) is 43.3 Å². The number of nitrogens with zero attached hydrogens (tertiary/aromatic N) is 3. The van der Waals surface area contributed by atoms with Crippen LogP contribution in [0.25, 0.3) is 22.0 Å². The number of aryl methyl sites for hydroxylation is 2. The molecule has 1 unspecified atom stereocenters. The Morgan fingerprint density at radius 3 is 2.68 bits per heavy atom. The van der Waals surface area contributed by atoms with Gasteiger partial charge in [0.2, 0.25) is 0 Å². The molecule has 0 bridgehead atoms. The number of hydrogen-bond acceptors (Lipinski definition) is 7. The molecule has 198 valence electrons. The van der Waals surface area contributed by atoms with Crippen molar-refractivity contribution in [2.45, 2.75) is 38.2 Å². The van der Waals surface area contributed by atoms with E-state index in [1.54, 1.807) is 7.05 Å². The molecule has 0 spiro atoms. The number of ether oxygens (including phenoxy) is 2. The largest absolute Gasteiger partial charge is 0.487 e. The molecule has 4 aromatic rings. The molecule has 10 heteroatoms. The van der Waals surface area contributed by atoms with Crippen LogP contribution in [0.1, 0.15) is 47.0 Å². The molecule has 1 atom stereocenters. The maximum absolute atomic E-state index is 13.4. The Balaban J connectivity index is 1.36. The van der Waals surface area contributed by atoms with Crippen LogP contribution in [0.3, 0.4) is 0 Å². The molecule has 2 aromatic heterocycles. The van der Waals surface area contributed by atoms with E-state index < -0.39 is 11.5 Å². The minimum Gasteiger partial charge on any atom is -0.487 e. The van der Waals surface area contributed by atoms with E-state index in [0.717, 1.165) is 51.7 Å². The molecule has 2 N–H and O–H groups in total. The van der Waals surface area contributed by atoms with Crippen molar-refractivity contribution in [3.63, 3.8) is 0 Å². The van der Waals surface area contributed by atoms with Gasteiger partial charge in [-0.25, -0.2) is 4.98 Å². The highest BCUT2D eigenvalue weighted by molar-refractivity contribution is 9.10. The summed E-state index contributed by atoms with van der Waals surface area (Å²) in [6.45, 7) is 4.48. The van der Waals surface area contributed by atoms with Crippen LogP contribution in [-0.2, 0) is 11.8 Å². The van der Waals surface area contributed by atoms with E-state index in [4.69, 9.17) is 24.6 Å². The first kappa shape index (κ1) is 24.9. The number of anilines is 1. The molecular formula is C28H29BrN4O5. The fourth-order valence-corrected chi connectivity index (χ4v) is 5.97. The zero-order valence-electron chi connectivity index (χ0n) is 21.3. The van der Waals surface area contributed by atoms with Gasteiger partial charge in [-0.1, -0.05) is 6.07 Å². The van der Waals surface area contributed by atoms with Crippen molar-refractivity contribution < 1.29 is 18.7 Å². The van der Waals surface area contributed by atoms with Gasteiger partial charge >= 0.3 is 0 Å². The molecular weight excluding hydrogens is 552 g/mol. The van der Waals surface area contributed by atoms with Gasteiger partial charge in [-0.15, -0.1) is 0 Å². The number of halogens is 1. The van der Waals surface area contributed by atoms with Crippen LogP contribution < -0.4 is 20.9 Å². The monoisotopic (exact) mass is 580 g/mol. The molecule has 2 aliphatic rings. The van der Waals surface area contributed by atoms with Gasteiger partial charge in [-0.05, 0) is 59.5 Å². The number of hydrogen-bond donors (Lipinski definition) is 1. The number of pyridine rings is 1. The third-order valence-electron chi connectivity index (χ3n) is 7.57. The second kappa shape index (κ2) is 9.74. The Morgan fingerprint density at radius 1 is 1.18 bits per heavy atom. The fourth-order valence-electron chi connectivity index (χ4n) is 5.53. The highest BCUT2D eigenvalue weighted by Gasteiger charge is 2.30. The van der Waals surface area contributed by atoms with Crippen molar-refractivity contribution in [2.24, 2.45) is 12.8 Å². The summed E-state index contributed by atoms with van der Waals surface area (Å²) < 4.78 is 19.9. The minimum absolute atomic E-state index is 0.000508. The van der Waals surface area contributed by atoms with E-state index >= 15 is 0 Å². The summed E-state index contributed by atoms with van der Waals surface area (Å²) in [7, 11) is 1.65. The van der Waals surface area contributed by atoms with Crippen molar-refractivity contribution in [2.75, 3.05) is 31.2 Å². The molecule has 2 aliphatic heterocycles. The number of oxazole rings is 1. The zero-order chi connectivity index (χ0) is 26.6. The maximum atomic E-state index is 13.4. The van der Waals surface area contributed by atoms with E-state index in [1.807, 2.05) is 37.3 Å². The second-order valence-corrected chi connectivity index (χ2v) is 11.0. The molecule has 0 radical (unpaired) electrons. The molecule has 9 nitrogen and oxygen atoms in total. The van der Waals surface area contributed by atoms with Gasteiger partial charge < -0.3 is 29.1 Å². The summed E-state index contributed by atoms with van der Waals surface area (Å²) in [5.74, 6) is 0.771. The number of amides is 1. The fraction of sp³-hybridized carbons (Fsp3) is 0.393. The number of fused-ring (bicyclic) bond motifs is 2. The van der Waals surface area contributed by atoms with Crippen molar-refractivity contribution in [1.82, 2.24) is 9.55 Å². The van der Waals surface area contributed by atoms with Crippen LogP contribution in [0.15, 0.2) is 44.0 Å². The molecule has 1 amide bonds. The van der Waals surface area contributed by atoms with Crippen molar-refractivity contribution in [3.8, 4) is 5.75 Å². The van der Waals surface area contributed by atoms with Crippen molar-refractivity contribution in [1.29, 1.82) is 0 Å². The standard InChI is InChI=1S/C28H29BrN4O5/c1-15-3-4-22-20(11-15)31-27(38-22)16-5-8-33(9-6-16)25-18-12-19(29)23(37-17-7-10-36-14-17)13-21(18)32(2)28(35)24(25)26(30)34/h3-4,11-13,16-17H,5-10,14H2,1-2H3,(H2,30,34). The third kappa shape index (κ3) is 4.35. The van der Waals surface area contributed by atoms with E-state index in [9.17, 15) is 9.59 Å². The Hall–Kier alpha value is -3.37. The Kier molecular flexibility index (Phi) is 6.39. The number of nitrogens with two attached hydrogens (primary N) is 1. The minimum atomic E-state index is -0.738. The molecule has 2 saturated heterocycles. The summed E-state index contributed by atoms with van der Waals surface area (Å²) in [5.41, 5.74) is 9.38. The molecule has 38 heavy (non-hydrogen) atoms. The zero-order valence-corrected chi connectivity index (χ0v) is 22.9. The van der Waals surface area contributed by atoms with Crippen LogP contribution in [0.4, 0.5) is 5.69 Å². The number of aromatic nitrogens is 2. The normalized spacial score (nSPS) is 18.5. The number of benzene rings is 2. The predicted octanol–water partition coefficient (Wildman–Crippen LogP) is 4.40. The summed E-state index contributed by atoms with van der Waals surface area (Å²) >= 11 is 3.64. The van der Waals surface area contributed by atoms with E-state index in [2.05, 4.69) is 20.8 Å².